The highest BCUT2D eigenvalue weighted by Gasteiger charge is 2.49. The van der Waals surface area contributed by atoms with E-state index in [1.165, 1.54) is 6.92 Å². The summed E-state index contributed by atoms with van der Waals surface area (Å²) in [6, 6.07) is -0.720. The van der Waals surface area contributed by atoms with Gasteiger partial charge in [0.15, 0.2) is 0 Å². The van der Waals surface area contributed by atoms with Crippen LogP contribution in [0, 0.1) is 0 Å². The molecule has 2 rings (SSSR count). The van der Waals surface area contributed by atoms with Crippen LogP contribution in [-0.4, -0.2) is 47.8 Å². The first-order valence-corrected chi connectivity index (χ1v) is 5.85. The number of nitrogens with one attached hydrogen (secondary N) is 2. The molecule has 0 radical (unpaired) electrons. The zero-order valence-corrected chi connectivity index (χ0v) is 10.0. The van der Waals surface area contributed by atoms with Gasteiger partial charge >= 0.3 is 0 Å². The number of nitrogens with zero attached hydrogens (tertiary/aromatic N) is 1. The Labute approximate surface area is 99.7 Å². The Morgan fingerprint density at radius 2 is 2.06 bits per heavy atom. The maximum Gasteiger partial charge on any atom is 0.246 e. The van der Waals surface area contributed by atoms with Gasteiger partial charge in [-0.05, 0) is 19.3 Å². The van der Waals surface area contributed by atoms with Crippen molar-refractivity contribution in [3.8, 4) is 0 Å². The zero-order valence-electron chi connectivity index (χ0n) is 10.0. The second kappa shape index (κ2) is 4.35. The van der Waals surface area contributed by atoms with E-state index in [4.69, 9.17) is 0 Å². The number of carbonyl (C=O) groups is 3. The van der Waals surface area contributed by atoms with E-state index in [1.54, 1.807) is 11.9 Å². The quantitative estimate of drug-likeness (QED) is 0.649. The van der Waals surface area contributed by atoms with Crippen molar-refractivity contribution in [2.45, 2.75) is 44.3 Å². The van der Waals surface area contributed by atoms with E-state index in [2.05, 4.69) is 10.6 Å². The first kappa shape index (κ1) is 11.9. The minimum absolute atomic E-state index is 0.0987. The summed E-state index contributed by atoms with van der Waals surface area (Å²) in [5.41, 5.74) is 0. The minimum Gasteiger partial charge on any atom is -0.357 e. The van der Waals surface area contributed by atoms with Gasteiger partial charge in [-0.2, -0.15) is 0 Å². The predicted octanol–water partition coefficient (Wildman–Crippen LogP) is -1.000. The van der Waals surface area contributed by atoms with Gasteiger partial charge in [-0.15, -0.1) is 0 Å². The van der Waals surface area contributed by atoms with Gasteiger partial charge in [-0.3, -0.25) is 14.4 Å². The van der Waals surface area contributed by atoms with Crippen LogP contribution >= 0.6 is 0 Å². The molecular formula is C11H17N3O3. The van der Waals surface area contributed by atoms with E-state index < -0.39 is 6.04 Å². The van der Waals surface area contributed by atoms with E-state index in [-0.39, 0.29) is 29.8 Å². The van der Waals surface area contributed by atoms with Crippen LogP contribution in [0.3, 0.4) is 0 Å². The maximum atomic E-state index is 12.1. The van der Waals surface area contributed by atoms with Crippen LogP contribution in [0.2, 0.25) is 0 Å². The van der Waals surface area contributed by atoms with E-state index in [0.717, 1.165) is 6.42 Å². The SMILES string of the molecule is CNC(=O)[C@@H]1CC[C@@H]2C[C@@H](NC(C)=O)C(=O)N21. The fourth-order valence-corrected chi connectivity index (χ4v) is 2.79. The fourth-order valence-electron chi connectivity index (χ4n) is 2.79. The van der Waals surface area contributed by atoms with Crippen LogP contribution in [0.4, 0.5) is 0 Å². The molecule has 2 fully saturated rings. The molecular weight excluding hydrogens is 222 g/mol. The maximum absolute atomic E-state index is 12.1. The molecule has 6 nitrogen and oxygen atoms in total. The van der Waals surface area contributed by atoms with Crippen LogP contribution in [-0.2, 0) is 14.4 Å². The van der Waals surface area contributed by atoms with Gasteiger partial charge in [-0.1, -0.05) is 0 Å². The van der Waals surface area contributed by atoms with Crippen molar-refractivity contribution >= 4 is 17.7 Å². The van der Waals surface area contributed by atoms with Crippen molar-refractivity contribution in [3.05, 3.63) is 0 Å². The highest BCUT2D eigenvalue weighted by molar-refractivity contribution is 5.94. The standard InChI is InChI=1S/C11H17N3O3/c1-6(15)13-8-5-7-3-4-9(10(16)12-2)14(7)11(8)17/h7-9H,3-5H2,1-2H3,(H,12,16)(H,13,15)/t7-,8-,9+/m1/s1. The average Bonchev–Trinajstić information content (AvgIpc) is 2.80. The van der Waals surface area contributed by atoms with Crippen molar-refractivity contribution < 1.29 is 14.4 Å². The Hall–Kier alpha value is -1.59. The number of amides is 3. The molecule has 2 N–H and O–H groups in total. The summed E-state index contributed by atoms with van der Waals surface area (Å²) in [5.74, 6) is -0.457. The Morgan fingerprint density at radius 1 is 1.35 bits per heavy atom. The van der Waals surface area contributed by atoms with Crippen molar-refractivity contribution in [1.82, 2.24) is 15.5 Å². The third kappa shape index (κ3) is 1.99. The topological polar surface area (TPSA) is 78.5 Å². The average molecular weight is 239 g/mol. The first-order chi connectivity index (χ1) is 8.04. The second-order valence-electron chi connectivity index (χ2n) is 4.60. The lowest BCUT2D eigenvalue weighted by atomic mass is 10.1. The molecule has 0 aromatic carbocycles. The zero-order chi connectivity index (χ0) is 12.6. The minimum atomic E-state index is -0.454. The highest BCUT2D eigenvalue weighted by atomic mass is 16.2. The summed E-state index contributed by atoms with van der Waals surface area (Å²) >= 11 is 0. The van der Waals surface area contributed by atoms with Crippen molar-refractivity contribution in [3.63, 3.8) is 0 Å². The highest BCUT2D eigenvalue weighted by Crippen LogP contribution is 2.33. The van der Waals surface area contributed by atoms with Gasteiger partial charge in [0.2, 0.25) is 17.7 Å². The number of hydrogen-bond donors (Lipinski definition) is 2. The second-order valence-corrected chi connectivity index (χ2v) is 4.60. The van der Waals surface area contributed by atoms with Crippen LogP contribution in [0.25, 0.3) is 0 Å². The number of hydrogen-bond acceptors (Lipinski definition) is 3. The van der Waals surface area contributed by atoms with E-state index in [0.29, 0.717) is 12.8 Å². The number of rotatable bonds is 2. The molecule has 17 heavy (non-hydrogen) atoms. The van der Waals surface area contributed by atoms with Gasteiger partial charge in [0.1, 0.15) is 12.1 Å². The van der Waals surface area contributed by atoms with Gasteiger partial charge in [-0.25, -0.2) is 0 Å². The largest absolute Gasteiger partial charge is 0.357 e. The van der Waals surface area contributed by atoms with Gasteiger partial charge < -0.3 is 15.5 Å². The summed E-state index contributed by atoms with van der Waals surface area (Å²) in [4.78, 5) is 36.3. The molecule has 2 heterocycles. The van der Waals surface area contributed by atoms with Crippen molar-refractivity contribution in [2.24, 2.45) is 0 Å². The molecule has 0 aromatic rings. The summed E-state index contributed by atoms with van der Waals surface area (Å²) in [5, 5.41) is 5.21. The summed E-state index contributed by atoms with van der Waals surface area (Å²) in [6.45, 7) is 1.40. The number of likely N-dealkylation sites (N-methyl/N-ethyl adjacent to an activating group) is 1. The van der Waals surface area contributed by atoms with E-state index in [1.807, 2.05) is 0 Å². The third-order valence-corrected chi connectivity index (χ3v) is 3.49. The van der Waals surface area contributed by atoms with Gasteiger partial charge in [0, 0.05) is 20.0 Å². The Bertz CT molecular complexity index is 369. The van der Waals surface area contributed by atoms with E-state index >= 15 is 0 Å². The lowest BCUT2D eigenvalue weighted by Crippen LogP contribution is -2.48. The lowest BCUT2D eigenvalue weighted by Gasteiger charge is -2.23. The molecule has 0 unspecified atom stereocenters. The molecule has 0 bridgehead atoms. The lowest BCUT2D eigenvalue weighted by molar-refractivity contribution is -0.138. The molecule has 0 aromatic heterocycles. The first-order valence-electron chi connectivity index (χ1n) is 5.85. The smallest absolute Gasteiger partial charge is 0.246 e. The molecule has 0 saturated carbocycles. The molecule has 0 aliphatic carbocycles. The molecule has 2 saturated heterocycles. The Balaban J connectivity index is 2.10. The van der Waals surface area contributed by atoms with Crippen LogP contribution in [0.15, 0.2) is 0 Å². The summed E-state index contributed by atoms with van der Waals surface area (Å²) in [7, 11) is 1.57. The van der Waals surface area contributed by atoms with Crippen LogP contribution in [0.5, 0.6) is 0 Å². The number of carbonyl (C=O) groups excluding carboxylic acids is 3. The normalized spacial score (nSPS) is 31.3. The molecule has 3 amide bonds. The monoisotopic (exact) mass is 239 g/mol. The van der Waals surface area contributed by atoms with Gasteiger partial charge in [0.05, 0.1) is 0 Å². The number of fused-ring (bicyclic) bond motifs is 1. The fraction of sp³-hybridized carbons (Fsp3) is 0.727. The molecule has 6 heteroatoms. The third-order valence-electron chi connectivity index (χ3n) is 3.49. The van der Waals surface area contributed by atoms with Crippen LogP contribution in [0.1, 0.15) is 26.2 Å². The Morgan fingerprint density at radius 3 is 2.65 bits per heavy atom. The van der Waals surface area contributed by atoms with Gasteiger partial charge in [0.25, 0.3) is 0 Å². The summed E-state index contributed by atoms with van der Waals surface area (Å²) < 4.78 is 0. The molecule has 2 aliphatic heterocycles. The van der Waals surface area contributed by atoms with Crippen molar-refractivity contribution in [1.29, 1.82) is 0 Å². The molecule has 2 aliphatic rings. The van der Waals surface area contributed by atoms with Crippen molar-refractivity contribution in [2.75, 3.05) is 7.05 Å². The predicted molar refractivity (Wildman–Crippen MR) is 59.9 cm³/mol. The van der Waals surface area contributed by atoms with E-state index in [9.17, 15) is 14.4 Å². The Kier molecular flexibility index (Phi) is 3.04. The van der Waals surface area contributed by atoms with Crippen LogP contribution < -0.4 is 10.6 Å². The summed E-state index contributed by atoms with van der Waals surface area (Å²) in [6.07, 6.45) is 2.16. The molecule has 94 valence electrons. The molecule has 0 spiro atoms. The molecule has 3 atom stereocenters.